The lowest BCUT2D eigenvalue weighted by molar-refractivity contribution is 0.416. The highest BCUT2D eigenvalue weighted by Gasteiger charge is 2.06. The topological polar surface area (TPSA) is 45.6 Å². The Kier molecular flexibility index (Phi) is 3.07. The number of amidine groups is 1. The van der Waals surface area contributed by atoms with Gasteiger partial charge in [-0.2, -0.15) is 0 Å². The average molecular weight is 205 g/mol. The summed E-state index contributed by atoms with van der Waals surface area (Å²) in [7, 11) is 1.66. The Hall–Kier alpha value is -1.71. The van der Waals surface area contributed by atoms with Crippen molar-refractivity contribution >= 4 is 11.5 Å². The van der Waals surface area contributed by atoms with E-state index in [0.29, 0.717) is 0 Å². The Morgan fingerprint density at radius 2 is 2.13 bits per heavy atom. The summed E-state index contributed by atoms with van der Waals surface area (Å²) in [5.41, 5.74) is 7.12. The highest BCUT2D eigenvalue weighted by Crippen LogP contribution is 2.22. The normalized spacial score (nSPS) is 14.6. The molecule has 0 unspecified atom stereocenters. The third kappa shape index (κ3) is 2.40. The van der Waals surface area contributed by atoms with Crippen molar-refractivity contribution < 1.29 is 4.74 Å². The van der Waals surface area contributed by atoms with Crippen LogP contribution in [0.3, 0.4) is 0 Å². The Labute approximate surface area is 89.3 Å². The largest absolute Gasteiger partial charge is 0.495 e. The molecule has 0 aromatic heterocycles. The van der Waals surface area contributed by atoms with Crippen LogP contribution in [0.4, 0.5) is 5.69 Å². The van der Waals surface area contributed by atoms with Crippen molar-refractivity contribution in [2.24, 2.45) is 4.99 Å². The highest BCUT2D eigenvalue weighted by atomic mass is 16.5. The van der Waals surface area contributed by atoms with Gasteiger partial charge in [0.25, 0.3) is 0 Å². The maximum atomic E-state index is 5.22. The number of nitrogens with zero attached hydrogens (tertiary/aromatic N) is 1. The summed E-state index contributed by atoms with van der Waals surface area (Å²) in [5, 5.41) is 0. The first-order chi connectivity index (χ1) is 7.40. The lowest BCUT2D eigenvalue weighted by atomic mass is 10.3. The lowest BCUT2D eigenvalue weighted by Crippen LogP contribution is -2.27. The van der Waals surface area contributed by atoms with Crippen molar-refractivity contribution in [2.75, 3.05) is 19.1 Å². The van der Waals surface area contributed by atoms with E-state index in [-0.39, 0.29) is 0 Å². The first kappa shape index (κ1) is 9.83. The fourth-order valence-corrected chi connectivity index (χ4v) is 1.53. The van der Waals surface area contributed by atoms with Crippen LogP contribution in [0.1, 0.15) is 12.8 Å². The Morgan fingerprint density at radius 1 is 1.27 bits per heavy atom. The lowest BCUT2D eigenvalue weighted by Gasteiger charge is -2.12. The number of aliphatic imine (C=N–C) groups is 1. The van der Waals surface area contributed by atoms with Crippen molar-refractivity contribution in [3.63, 3.8) is 0 Å². The van der Waals surface area contributed by atoms with Gasteiger partial charge < -0.3 is 4.74 Å². The number of anilines is 1. The minimum Gasteiger partial charge on any atom is -0.495 e. The van der Waals surface area contributed by atoms with Gasteiger partial charge in [0.1, 0.15) is 11.6 Å². The summed E-state index contributed by atoms with van der Waals surface area (Å²) in [4.78, 5) is 4.31. The van der Waals surface area contributed by atoms with Crippen LogP contribution >= 0.6 is 0 Å². The van der Waals surface area contributed by atoms with Crippen LogP contribution in [0.15, 0.2) is 29.3 Å². The van der Waals surface area contributed by atoms with Gasteiger partial charge in [-0.25, -0.2) is 0 Å². The number of nitrogens with one attached hydrogen (secondary N) is 2. The number of benzene rings is 1. The van der Waals surface area contributed by atoms with Crippen molar-refractivity contribution in [1.29, 1.82) is 0 Å². The number of ether oxygens (including phenoxy) is 1. The van der Waals surface area contributed by atoms with Gasteiger partial charge in [0.2, 0.25) is 0 Å². The van der Waals surface area contributed by atoms with Gasteiger partial charge in [0, 0.05) is 13.0 Å². The third-order valence-corrected chi connectivity index (χ3v) is 2.32. The average Bonchev–Trinajstić information content (AvgIpc) is 2.79. The standard InChI is InChI=1S/C11H15N3O/c1-15-10-6-3-2-5-9(10)13-14-11-7-4-8-12-11/h2-3,5-6,13H,4,7-8H2,1H3,(H,12,14). The Balaban J connectivity index is 1.97. The number of para-hydroxylation sites is 2. The van der Waals surface area contributed by atoms with E-state index in [4.69, 9.17) is 4.74 Å². The molecule has 4 nitrogen and oxygen atoms in total. The fourth-order valence-electron chi connectivity index (χ4n) is 1.53. The van der Waals surface area contributed by atoms with E-state index in [0.717, 1.165) is 36.7 Å². The maximum Gasteiger partial charge on any atom is 0.143 e. The number of hydrazine groups is 1. The molecule has 1 heterocycles. The van der Waals surface area contributed by atoms with Crippen LogP contribution in [0.5, 0.6) is 5.75 Å². The number of rotatable bonds is 3. The molecule has 1 aliphatic heterocycles. The molecule has 0 aliphatic carbocycles. The van der Waals surface area contributed by atoms with Crippen LogP contribution in [0.2, 0.25) is 0 Å². The predicted octanol–water partition coefficient (Wildman–Crippen LogP) is 1.80. The zero-order valence-electron chi connectivity index (χ0n) is 8.79. The molecule has 0 bridgehead atoms. The van der Waals surface area contributed by atoms with Crippen LogP contribution in [-0.4, -0.2) is 19.5 Å². The minimum absolute atomic E-state index is 0.823. The molecule has 80 valence electrons. The molecule has 4 heteroatoms. The van der Waals surface area contributed by atoms with Gasteiger partial charge in [-0.05, 0) is 18.6 Å². The molecule has 0 atom stereocenters. The van der Waals surface area contributed by atoms with E-state index in [9.17, 15) is 0 Å². The van der Waals surface area contributed by atoms with Gasteiger partial charge in [-0.1, -0.05) is 12.1 Å². The second-order valence-electron chi connectivity index (χ2n) is 3.38. The quantitative estimate of drug-likeness (QED) is 0.740. The summed E-state index contributed by atoms with van der Waals surface area (Å²) < 4.78 is 5.22. The zero-order chi connectivity index (χ0) is 10.5. The SMILES string of the molecule is COc1ccccc1NNC1=NCCC1. The van der Waals surface area contributed by atoms with Gasteiger partial charge in [0.05, 0.1) is 12.8 Å². The second kappa shape index (κ2) is 4.68. The summed E-state index contributed by atoms with van der Waals surface area (Å²) in [6.07, 6.45) is 2.15. The molecule has 15 heavy (non-hydrogen) atoms. The molecule has 1 aromatic carbocycles. The molecule has 0 radical (unpaired) electrons. The predicted molar refractivity (Wildman–Crippen MR) is 61.3 cm³/mol. The van der Waals surface area contributed by atoms with Crippen molar-refractivity contribution in [2.45, 2.75) is 12.8 Å². The fraction of sp³-hybridized carbons (Fsp3) is 0.364. The molecule has 0 saturated carbocycles. The molecule has 0 amide bonds. The van der Waals surface area contributed by atoms with Crippen LogP contribution in [0.25, 0.3) is 0 Å². The molecular weight excluding hydrogens is 190 g/mol. The van der Waals surface area contributed by atoms with Gasteiger partial charge in [-0.3, -0.25) is 15.8 Å². The Morgan fingerprint density at radius 3 is 2.87 bits per heavy atom. The van der Waals surface area contributed by atoms with E-state index >= 15 is 0 Å². The van der Waals surface area contributed by atoms with Crippen molar-refractivity contribution in [3.05, 3.63) is 24.3 Å². The van der Waals surface area contributed by atoms with Gasteiger partial charge >= 0.3 is 0 Å². The highest BCUT2D eigenvalue weighted by molar-refractivity contribution is 5.84. The smallest absolute Gasteiger partial charge is 0.143 e. The molecular formula is C11H15N3O. The van der Waals surface area contributed by atoms with E-state index in [1.165, 1.54) is 0 Å². The molecule has 2 rings (SSSR count). The molecule has 0 spiro atoms. The van der Waals surface area contributed by atoms with Crippen LogP contribution < -0.4 is 15.6 Å². The third-order valence-electron chi connectivity index (χ3n) is 2.32. The van der Waals surface area contributed by atoms with Crippen molar-refractivity contribution in [3.8, 4) is 5.75 Å². The molecule has 0 fully saturated rings. The number of hydrogen-bond donors (Lipinski definition) is 2. The first-order valence-electron chi connectivity index (χ1n) is 5.08. The monoisotopic (exact) mass is 205 g/mol. The van der Waals surface area contributed by atoms with Gasteiger partial charge in [-0.15, -0.1) is 0 Å². The Bertz CT molecular complexity index is 363. The zero-order valence-corrected chi connectivity index (χ0v) is 8.79. The molecule has 1 aromatic rings. The number of methoxy groups -OCH3 is 1. The summed E-state index contributed by atoms with van der Waals surface area (Å²) in [6.45, 7) is 0.927. The van der Waals surface area contributed by atoms with Gasteiger partial charge in [0.15, 0.2) is 0 Å². The van der Waals surface area contributed by atoms with E-state index in [1.54, 1.807) is 7.11 Å². The maximum absolute atomic E-state index is 5.22. The second-order valence-corrected chi connectivity index (χ2v) is 3.38. The van der Waals surface area contributed by atoms with Crippen LogP contribution in [0, 0.1) is 0 Å². The molecule has 0 saturated heterocycles. The van der Waals surface area contributed by atoms with E-state index in [1.807, 2.05) is 24.3 Å². The minimum atomic E-state index is 0.823. The summed E-state index contributed by atoms with van der Waals surface area (Å²) in [6, 6.07) is 7.78. The van der Waals surface area contributed by atoms with Crippen molar-refractivity contribution in [1.82, 2.24) is 5.43 Å². The molecule has 2 N–H and O–H groups in total. The summed E-state index contributed by atoms with van der Waals surface area (Å²) >= 11 is 0. The molecule has 1 aliphatic rings. The first-order valence-corrected chi connectivity index (χ1v) is 5.08. The van der Waals surface area contributed by atoms with Crippen LogP contribution in [-0.2, 0) is 0 Å². The summed E-state index contributed by atoms with van der Waals surface area (Å²) in [5.74, 6) is 1.84. The van der Waals surface area contributed by atoms with E-state index < -0.39 is 0 Å². The number of hydrogen-bond acceptors (Lipinski definition) is 4. The van der Waals surface area contributed by atoms with E-state index in [2.05, 4.69) is 15.8 Å².